The van der Waals surface area contributed by atoms with E-state index in [0.717, 1.165) is 11.6 Å². The predicted octanol–water partition coefficient (Wildman–Crippen LogP) is 3.05. The number of anilines is 1. The molecular formula is C13H14F3N3. The van der Waals surface area contributed by atoms with Gasteiger partial charge in [0.1, 0.15) is 24.1 Å². The highest BCUT2D eigenvalue weighted by Crippen LogP contribution is 2.16. The average molecular weight is 269 g/mol. The van der Waals surface area contributed by atoms with E-state index in [1.54, 1.807) is 6.20 Å². The van der Waals surface area contributed by atoms with Crippen LogP contribution in [0.1, 0.15) is 11.1 Å². The molecule has 0 aliphatic carbocycles. The SMILES string of the molecule is Cc1cnn(CCF)c1NCc1cc(F)cc(F)c1. The zero-order valence-corrected chi connectivity index (χ0v) is 10.5. The molecule has 0 saturated heterocycles. The van der Waals surface area contributed by atoms with Gasteiger partial charge in [-0.25, -0.2) is 17.9 Å². The van der Waals surface area contributed by atoms with E-state index in [0.29, 0.717) is 11.4 Å². The summed E-state index contributed by atoms with van der Waals surface area (Å²) in [6.07, 6.45) is 1.62. The van der Waals surface area contributed by atoms with E-state index < -0.39 is 18.3 Å². The molecule has 0 atom stereocenters. The predicted molar refractivity (Wildman–Crippen MR) is 66.6 cm³/mol. The summed E-state index contributed by atoms with van der Waals surface area (Å²) in [5.41, 5.74) is 1.33. The maximum absolute atomic E-state index is 13.0. The van der Waals surface area contributed by atoms with E-state index in [4.69, 9.17) is 0 Å². The number of aryl methyl sites for hydroxylation is 2. The van der Waals surface area contributed by atoms with Gasteiger partial charge >= 0.3 is 0 Å². The Hall–Kier alpha value is -1.98. The van der Waals surface area contributed by atoms with Crippen molar-refractivity contribution >= 4 is 5.82 Å². The van der Waals surface area contributed by atoms with Crippen molar-refractivity contribution in [3.8, 4) is 0 Å². The quantitative estimate of drug-likeness (QED) is 0.904. The molecule has 1 N–H and O–H groups in total. The Bertz CT molecular complexity index is 546. The maximum atomic E-state index is 13.0. The normalized spacial score (nSPS) is 10.7. The van der Waals surface area contributed by atoms with Crippen molar-refractivity contribution in [2.45, 2.75) is 20.0 Å². The lowest BCUT2D eigenvalue weighted by atomic mass is 10.2. The minimum Gasteiger partial charge on any atom is -0.366 e. The molecule has 0 spiro atoms. The number of alkyl halides is 1. The second kappa shape index (κ2) is 5.77. The highest BCUT2D eigenvalue weighted by Gasteiger charge is 2.07. The molecule has 2 rings (SSSR count). The van der Waals surface area contributed by atoms with E-state index in [-0.39, 0.29) is 13.1 Å². The lowest BCUT2D eigenvalue weighted by Crippen LogP contribution is -2.10. The molecule has 1 aromatic heterocycles. The van der Waals surface area contributed by atoms with Gasteiger partial charge in [-0.3, -0.25) is 0 Å². The molecule has 0 aliphatic heterocycles. The fraction of sp³-hybridized carbons (Fsp3) is 0.308. The van der Waals surface area contributed by atoms with Crippen molar-refractivity contribution in [1.29, 1.82) is 0 Å². The number of rotatable bonds is 5. The first-order chi connectivity index (χ1) is 9.10. The van der Waals surface area contributed by atoms with Crippen molar-refractivity contribution in [3.63, 3.8) is 0 Å². The van der Waals surface area contributed by atoms with Gasteiger partial charge in [-0.2, -0.15) is 5.10 Å². The molecule has 0 bridgehead atoms. The molecule has 1 aromatic carbocycles. The summed E-state index contributed by atoms with van der Waals surface area (Å²) in [7, 11) is 0. The number of hydrogen-bond acceptors (Lipinski definition) is 2. The van der Waals surface area contributed by atoms with Crippen LogP contribution in [0.25, 0.3) is 0 Å². The van der Waals surface area contributed by atoms with Crippen molar-refractivity contribution in [3.05, 3.63) is 47.2 Å². The molecule has 0 radical (unpaired) electrons. The van der Waals surface area contributed by atoms with Crippen LogP contribution in [0.5, 0.6) is 0 Å². The van der Waals surface area contributed by atoms with Gasteiger partial charge in [-0.05, 0) is 24.6 Å². The van der Waals surface area contributed by atoms with Gasteiger partial charge < -0.3 is 5.32 Å². The molecule has 3 nitrogen and oxygen atoms in total. The molecule has 0 unspecified atom stereocenters. The third-order valence-corrected chi connectivity index (χ3v) is 2.70. The molecular weight excluding hydrogens is 255 g/mol. The highest BCUT2D eigenvalue weighted by atomic mass is 19.1. The topological polar surface area (TPSA) is 29.9 Å². The first kappa shape index (κ1) is 13.5. The van der Waals surface area contributed by atoms with Gasteiger partial charge in [0.25, 0.3) is 0 Å². The minimum atomic E-state index is -0.620. The van der Waals surface area contributed by atoms with Crippen LogP contribution in [0.15, 0.2) is 24.4 Å². The van der Waals surface area contributed by atoms with Crippen LogP contribution < -0.4 is 5.32 Å². The monoisotopic (exact) mass is 269 g/mol. The molecule has 0 saturated carbocycles. The molecule has 6 heteroatoms. The third kappa shape index (κ3) is 3.27. The molecule has 1 heterocycles. The summed E-state index contributed by atoms with van der Waals surface area (Å²) >= 11 is 0. The largest absolute Gasteiger partial charge is 0.366 e. The van der Waals surface area contributed by atoms with Crippen molar-refractivity contribution in [2.24, 2.45) is 0 Å². The highest BCUT2D eigenvalue weighted by molar-refractivity contribution is 5.43. The number of nitrogens with zero attached hydrogens (tertiary/aromatic N) is 2. The Labute approximate surface area is 109 Å². The summed E-state index contributed by atoms with van der Waals surface area (Å²) in [4.78, 5) is 0. The van der Waals surface area contributed by atoms with Crippen LogP contribution >= 0.6 is 0 Å². The molecule has 19 heavy (non-hydrogen) atoms. The standard InChI is InChI=1S/C13H14F3N3/c1-9-7-18-19(3-2-14)13(9)17-8-10-4-11(15)6-12(16)5-10/h4-7,17H,2-3,8H2,1H3. The fourth-order valence-corrected chi connectivity index (χ4v) is 1.86. The van der Waals surface area contributed by atoms with E-state index in [1.165, 1.54) is 16.8 Å². The summed E-state index contributed by atoms with van der Waals surface area (Å²) in [6.45, 7) is 1.70. The van der Waals surface area contributed by atoms with Crippen LogP contribution in [0, 0.1) is 18.6 Å². The zero-order valence-electron chi connectivity index (χ0n) is 10.5. The number of benzene rings is 1. The Morgan fingerprint density at radius 3 is 2.53 bits per heavy atom. The van der Waals surface area contributed by atoms with E-state index in [2.05, 4.69) is 10.4 Å². The van der Waals surface area contributed by atoms with E-state index in [1.807, 2.05) is 6.92 Å². The molecule has 102 valence electrons. The van der Waals surface area contributed by atoms with Crippen LogP contribution in [0.3, 0.4) is 0 Å². The Morgan fingerprint density at radius 2 is 1.89 bits per heavy atom. The summed E-state index contributed by atoms with van der Waals surface area (Å²) in [5, 5.41) is 7.04. The summed E-state index contributed by atoms with van der Waals surface area (Å²) in [6, 6.07) is 3.32. The van der Waals surface area contributed by atoms with Crippen LogP contribution in [-0.4, -0.2) is 16.5 Å². The Morgan fingerprint density at radius 1 is 1.21 bits per heavy atom. The van der Waals surface area contributed by atoms with Crippen LogP contribution in [-0.2, 0) is 13.1 Å². The van der Waals surface area contributed by atoms with Gasteiger partial charge in [0.15, 0.2) is 0 Å². The Balaban J connectivity index is 2.11. The minimum absolute atomic E-state index is 0.147. The average Bonchev–Trinajstić information content (AvgIpc) is 2.67. The smallest absolute Gasteiger partial charge is 0.127 e. The van der Waals surface area contributed by atoms with E-state index in [9.17, 15) is 13.2 Å². The summed E-state index contributed by atoms with van der Waals surface area (Å²) in [5.74, 6) is -0.584. The summed E-state index contributed by atoms with van der Waals surface area (Å²) < 4.78 is 39.9. The first-order valence-corrected chi connectivity index (χ1v) is 5.87. The zero-order chi connectivity index (χ0) is 13.8. The lowest BCUT2D eigenvalue weighted by molar-refractivity contribution is 0.429. The van der Waals surface area contributed by atoms with Gasteiger partial charge in [-0.1, -0.05) is 0 Å². The van der Waals surface area contributed by atoms with E-state index >= 15 is 0 Å². The lowest BCUT2D eigenvalue weighted by Gasteiger charge is -2.10. The number of aromatic nitrogens is 2. The number of nitrogens with one attached hydrogen (secondary N) is 1. The molecule has 0 aliphatic rings. The molecule has 0 fully saturated rings. The second-order valence-electron chi connectivity index (χ2n) is 4.22. The number of hydrogen-bond donors (Lipinski definition) is 1. The molecule has 2 aromatic rings. The van der Waals surface area contributed by atoms with Gasteiger partial charge in [0.2, 0.25) is 0 Å². The second-order valence-corrected chi connectivity index (χ2v) is 4.22. The number of halogens is 3. The van der Waals surface area contributed by atoms with Crippen molar-refractivity contribution in [1.82, 2.24) is 9.78 Å². The Kier molecular flexibility index (Phi) is 4.09. The van der Waals surface area contributed by atoms with Crippen molar-refractivity contribution < 1.29 is 13.2 Å². The van der Waals surface area contributed by atoms with Gasteiger partial charge in [0, 0.05) is 18.2 Å². The third-order valence-electron chi connectivity index (χ3n) is 2.70. The maximum Gasteiger partial charge on any atom is 0.127 e. The van der Waals surface area contributed by atoms with Crippen LogP contribution in [0.2, 0.25) is 0 Å². The fourth-order valence-electron chi connectivity index (χ4n) is 1.86. The van der Waals surface area contributed by atoms with Gasteiger partial charge in [0.05, 0.1) is 12.7 Å². The van der Waals surface area contributed by atoms with Crippen molar-refractivity contribution in [2.75, 3.05) is 12.0 Å². The molecule has 0 amide bonds. The van der Waals surface area contributed by atoms with Crippen LogP contribution in [0.4, 0.5) is 19.0 Å². The van der Waals surface area contributed by atoms with Gasteiger partial charge in [-0.15, -0.1) is 0 Å². The first-order valence-electron chi connectivity index (χ1n) is 5.87.